The van der Waals surface area contributed by atoms with Gasteiger partial charge in [-0.3, -0.25) is 0 Å². The number of nitrogens with one attached hydrogen (secondary N) is 2. The minimum absolute atomic E-state index is 0.0777. The average Bonchev–Trinajstić information content (AvgIpc) is 2.48. The van der Waals surface area contributed by atoms with Crippen molar-refractivity contribution in [2.75, 3.05) is 18.1 Å². The Labute approximate surface area is 138 Å². The van der Waals surface area contributed by atoms with E-state index < -0.39 is 10.0 Å². The van der Waals surface area contributed by atoms with E-state index in [-0.39, 0.29) is 18.6 Å². The molecule has 6 nitrogen and oxygen atoms in total. The average molecular weight is 339 g/mol. The number of benzene rings is 1. The van der Waals surface area contributed by atoms with E-state index >= 15 is 0 Å². The van der Waals surface area contributed by atoms with Gasteiger partial charge in [0.25, 0.3) is 0 Å². The third-order valence-corrected chi connectivity index (χ3v) is 5.05. The summed E-state index contributed by atoms with van der Waals surface area (Å²) in [6, 6.07) is 7.34. The smallest absolute Gasteiger partial charge is 0.322 e. The summed E-state index contributed by atoms with van der Waals surface area (Å²) in [5.41, 5.74) is 1.55. The van der Waals surface area contributed by atoms with Crippen LogP contribution in [0.25, 0.3) is 0 Å². The Hall–Kier alpha value is -1.60. The van der Waals surface area contributed by atoms with Crippen LogP contribution >= 0.6 is 0 Å². The van der Waals surface area contributed by atoms with Gasteiger partial charge < -0.3 is 10.2 Å². The molecule has 0 unspecified atom stereocenters. The largest absolute Gasteiger partial charge is 0.322 e. The summed E-state index contributed by atoms with van der Waals surface area (Å²) < 4.78 is 24.6. The van der Waals surface area contributed by atoms with E-state index in [1.807, 2.05) is 4.90 Å². The summed E-state index contributed by atoms with van der Waals surface area (Å²) in [4.78, 5) is 14.3. The van der Waals surface area contributed by atoms with Gasteiger partial charge in [-0.2, -0.15) is 0 Å². The lowest BCUT2D eigenvalue weighted by atomic mass is 9.92. The van der Waals surface area contributed by atoms with Crippen molar-refractivity contribution in [2.45, 2.75) is 39.3 Å². The second-order valence-electron chi connectivity index (χ2n) is 6.27. The monoisotopic (exact) mass is 339 g/mol. The maximum atomic E-state index is 12.4. The lowest BCUT2D eigenvalue weighted by molar-refractivity contribution is 0.139. The molecular formula is C16H25N3O3S. The third-order valence-electron chi connectivity index (χ3n) is 4.38. The molecule has 0 radical (unpaired) electrons. The van der Waals surface area contributed by atoms with Crippen LogP contribution in [0.5, 0.6) is 0 Å². The normalized spacial score (nSPS) is 22.0. The number of piperidine rings is 1. The molecule has 7 heteroatoms. The van der Waals surface area contributed by atoms with Crippen molar-refractivity contribution in [1.82, 2.24) is 9.62 Å². The predicted molar refractivity (Wildman–Crippen MR) is 91.7 cm³/mol. The fourth-order valence-corrected chi connectivity index (χ4v) is 3.17. The van der Waals surface area contributed by atoms with E-state index in [4.69, 9.17) is 0 Å². The van der Waals surface area contributed by atoms with Crippen molar-refractivity contribution < 1.29 is 13.2 Å². The fourth-order valence-electron chi connectivity index (χ4n) is 2.74. The molecule has 1 aromatic carbocycles. The van der Waals surface area contributed by atoms with Crippen LogP contribution in [0.4, 0.5) is 10.5 Å². The number of amides is 2. The van der Waals surface area contributed by atoms with E-state index in [0.29, 0.717) is 11.6 Å². The number of urea groups is 1. The quantitative estimate of drug-likeness (QED) is 0.884. The zero-order valence-corrected chi connectivity index (χ0v) is 14.7. The number of nitrogens with zero attached hydrogens (tertiary/aromatic N) is 1. The standard InChI is InChI=1S/C16H25N3O3S/c1-12-5-4-10-19(13(12)2)16(20)18-15-8-6-14(7-9-15)11-17-23(3,21)22/h6-9,12-13,17H,4-5,10-11H2,1-3H3,(H,18,20)/t12-,13-/m1/s1. The maximum absolute atomic E-state index is 12.4. The van der Waals surface area contributed by atoms with Gasteiger partial charge in [0, 0.05) is 24.8 Å². The van der Waals surface area contributed by atoms with Gasteiger partial charge >= 0.3 is 6.03 Å². The van der Waals surface area contributed by atoms with Gasteiger partial charge in [0.15, 0.2) is 0 Å². The van der Waals surface area contributed by atoms with Gasteiger partial charge in [0.1, 0.15) is 0 Å². The molecule has 1 heterocycles. The SMILES string of the molecule is C[C@@H]1CCCN(C(=O)Nc2ccc(CNS(C)(=O)=O)cc2)[C@@H]1C. The molecule has 1 fully saturated rings. The Morgan fingerprint density at radius 1 is 1.26 bits per heavy atom. The molecule has 128 valence electrons. The van der Waals surface area contributed by atoms with Crippen molar-refractivity contribution in [1.29, 1.82) is 0 Å². The van der Waals surface area contributed by atoms with E-state index in [9.17, 15) is 13.2 Å². The molecule has 1 aromatic rings. The first-order chi connectivity index (χ1) is 10.8. The molecule has 0 bridgehead atoms. The Bertz CT molecular complexity index is 643. The second-order valence-corrected chi connectivity index (χ2v) is 8.11. The lowest BCUT2D eigenvalue weighted by Gasteiger charge is -2.37. The third kappa shape index (κ3) is 5.21. The van der Waals surface area contributed by atoms with E-state index in [1.165, 1.54) is 0 Å². The summed E-state index contributed by atoms with van der Waals surface area (Å²) in [6.07, 6.45) is 3.32. The Morgan fingerprint density at radius 2 is 1.91 bits per heavy atom. The van der Waals surface area contributed by atoms with Crippen LogP contribution in [-0.2, 0) is 16.6 Å². The number of anilines is 1. The van der Waals surface area contributed by atoms with Gasteiger partial charge in [-0.1, -0.05) is 19.1 Å². The molecule has 1 aliphatic rings. The van der Waals surface area contributed by atoms with Crippen LogP contribution in [0.2, 0.25) is 0 Å². The zero-order valence-electron chi connectivity index (χ0n) is 13.9. The molecule has 2 rings (SSSR count). The molecule has 0 spiro atoms. The number of carbonyl (C=O) groups excluding carboxylic acids is 1. The van der Waals surface area contributed by atoms with Gasteiger partial charge in [-0.05, 0) is 43.4 Å². The molecule has 0 saturated carbocycles. The van der Waals surface area contributed by atoms with Crippen molar-refractivity contribution in [3.8, 4) is 0 Å². The lowest BCUT2D eigenvalue weighted by Crippen LogP contribution is -2.47. The molecule has 0 aromatic heterocycles. The Kier molecular flexibility index (Phi) is 5.64. The van der Waals surface area contributed by atoms with Gasteiger partial charge in [0.2, 0.25) is 10.0 Å². The molecule has 2 amide bonds. The van der Waals surface area contributed by atoms with Crippen LogP contribution in [0.3, 0.4) is 0 Å². The molecule has 0 aliphatic carbocycles. The highest BCUT2D eigenvalue weighted by Crippen LogP contribution is 2.23. The number of likely N-dealkylation sites (tertiary alicyclic amines) is 1. The summed E-state index contributed by atoms with van der Waals surface area (Å²) in [7, 11) is -3.20. The summed E-state index contributed by atoms with van der Waals surface area (Å²) in [5.74, 6) is 0.513. The molecule has 23 heavy (non-hydrogen) atoms. The number of hydrogen-bond acceptors (Lipinski definition) is 3. The summed E-state index contributed by atoms with van der Waals surface area (Å²) in [6.45, 7) is 5.29. The molecule has 1 saturated heterocycles. The number of rotatable bonds is 4. The predicted octanol–water partition coefficient (Wildman–Crippen LogP) is 2.39. The van der Waals surface area contributed by atoms with Crippen molar-refractivity contribution >= 4 is 21.7 Å². The van der Waals surface area contributed by atoms with Crippen LogP contribution in [0.15, 0.2) is 24.3 Å². The Morgan fingerprint density at radius 3 is 2.52 bits per heavy atom. The zero-order chi connectivity index (χ0) is 17.0. The van der Waals surface area contributed by atoms with E-state index in [2.05, 4.69) is 23.9 Å². The maximum Gasteiger partial charge on any atom is 0.322 e. The van der Waals surface area contributed by atoms with Crippen LogP contribution in [0, 0.1) is 5.92 Å². The number of sulfonamides is 1. The second kappa shape index (κ2) is 7.31. The first-order valence-electron chi connectivity index (χ1n) is 7.87. The van der Waals surface area contributed by atoms with E-state index in [0.717, 1.165) is 31.2 Å². The highest BCUT2D eigenvalue weighted by Gasteiger charge is 2.28. The van der Waals surface area contributed by atoms with Crippen molar-refractivity contribution in [2.24, 2.45) is 5.92 Å². The first kappa shape index (κ1) is 17.7. The van der Waals surface area contributed by atoms with Gasteiger partial charge in [0.05, 0.1) is 6.26 Å². The molecule has 1 aliphatic heterocycles. The van der Waals surface area contributed by atoms with Crippen molar-refractivity contribution in [3.63, 3.8) is 0 Å². The molecule has 2 N–H and O–H groups in total. The minimum atomic E-state index is -3.20. The summed E-state index contributed by atoms with van der Waals surface area (Å²) in [5, 5.41) is 2.91. The topological polar surface area (TPSA) is 78.5 Å². The summed E-state index contributed by atoms with van der Waals surface area (Å²) >= 11 is 0. The first-order valence-corrected chi connectivity index (χ1v) is 9.76. The van der Waals surface area contributed by atoms with Crippen molar-refractivity contribution in [3.05, 3.63) is 29.8 Å². The molecular weight excluding hydrogens is 314 g/mol. The van der Waals surface area contributed by atoms with E-state index in [1.54, 1.807) is 24.3 Å². The highest BCUT2D eigenvalue weighted by molar-refractivity contribution is 7.88. The van der Waals surface area contributed by atoms with Crippen LogP contribution in [0.1, 0.15) is 32.3 Å². The van der Waals surface area contributed by atoms with Gasteiger partial charge in [-0.25, -0.2) is 17.9 Å². The molecule has 2 atom stereocenters. The number of hydrogen-bond donors (Lipinski definition) is 2. The Balaban J connectivity index is 1.94. The fraction of sp³-hybridized carbons (Fsp3) is 0.562. The van der Waals surface area contributed by atoms with Crippen LogP contribution in [-0.4, -0.2) is 38.2 Å². The number of carbonyl (C=O) groups is 1. The van der Waals surface area contributed by atoms with Gasteiger partial charge in [-0.15, -0.1) is 0 Å². The minimum Gasteiger partial charge on any atom is -0.322 e. The van der Waals surface area contributed by atoms with Crippen LogP contribution < -0.4 is 10.0 Å². The highest BCUT2D eigenvalue weighted by atomic mass is 32.2.